The fourth-order valence-electron chi connectivity index (χ4n) is 4.50. The van der Waals surface area contributed by atoms with E-state index in [4.69, 9.17) is 4.74 Å². The highest BCUT2D eigenvalue weighted by atomic mass is 16.5. The van der Waals surface area contributed by atoms with Gasteiger partial charge in [0.05, 0.1) is 19.2 Å². The molecule has 3 heterocycles. The second-order valence-electron chi connectivity index (χ2n) is 7.43. The number of hydrogen-bond donors (Lipinski definition) is 1. The molecule has 2 aliphatic heterocycles. The van der Waals surface area contributed by atoms with Crippen LogP contribution < -0.4 is 20.5 Å². The summed E-state index contributed by atoms with van der Waals surface area (Å²) in [5.74, 6) is -0.432. The van der Waals surface area contributed by atoms with Crippen LogP contribution in [0.5, 0.6) is 5.75 Å². The van der Waals surface area contributed by atoms with Gasteiger partial charge in [0.15, 0.2) is 11.4 Å². The van der Waals surface area contributed by atoms with Gasteiger partial charge in [0, 0.05) is 26.2 Å². The third-order valence-electron chi connectivity index (χ3n) is 5.68. The molecule has 0 unspecified atom stereocenters. The molecule has 2 amide bonds. The van der Waals surface area contributed by atoms with Crippen LogP contribution in [-0.4, -0.2) is 47.8 Å². The van der Waals surface area contributed by atoms with Gasteiger partial charge in [-0.1, -0.05) is 30.3 Å². The molecule has 0 saturated carbocycles. The zero-order chi connectivity index (χ0) is 20.7. The highest BCUT2D eigenvalue weighted by Crippen LogP contribution is 2.38. The van der Waals surface area contributed by atoms with Crippen molar-refractivity contribution in [2.24, 2.45) is 0 Å². The predicted molar refractivity (Wildman–Crippen MR) is 107 cm³/mol. The number of amides is 2. The van der Waals surface area contributed by atoms with Gasteiger partial charge in [-0.15, -0.1) is 0 Å². The molecule has 0 aliphatic carbocycles. The molecule has 3 atom stereocenters. The van der Waals surface area contributed by atoms with Crippen molar-refractivity contribution in [1.29, 1.82) is 0 Å². The standard InChI is InChI=1S/C21H24N4O4/c1-13(26)22-15-9-10-16(14-7-5-4-6-8-14)25-20(15)23(2)21(28)18-19(29-3)17(27)11-12-24(18)25/h4-8,11-12,15-16,20H,9-10H2,1-3H3,(H,22,26)/t15-,16-,20-/m0/s1. The number of rotatable bonds is 3. The van der Waals surface area contributed by atoms with Gasteiger partial charge in [-0.05, 0) is 18.4 Å². The first-order valence-corrected chi connectivity index (χ1v) is 9.61. The van der Waals surface area contributed by atoms with Gasteiger partial charge in [-0.25, -0.2) is 0 Å². The Labute approximate surface area is 168 Å². The number of nitrogens with zero attached hydrogens (tertiary/aromatic N) is 3. The number of nitrogens with one attached hydrogen (secondary N) is 1. The topological polar surface area (TPSA) is 83.9 Å². The largest absolute Gasteiger partial charge is 0.491 e. The molecule has 1 saturated heterocycles. The first-order valence-electron chi connectivity index (χ1n) is 9.61. The molecule has 0 spiro atoms. The molecule has 2 aromatic rings. The number of likely N-dealkylation sites (N-methyl/N-ethyl adjacent to an activating group) is 1. The summed E-state index contributed by atoms with van der Waals surface area (Å²) in [7, 11) is 3.09. The number of carbonyl (C=O) groups is 2. The summed E-state index contributed by atoms with van der Waals surface area (Å²) < 4.78 is 7.02. The lowest BCUT2D eigenvalue weighted by atomic mass is 9.90. The Morgan fingerprint density at radius 3 is 2.52 bits per heavy atom. The molecule has 0 radical (unpaired) electrons. The molecule has 29 heavy (non-hydrogen) atoms. The smallest absolute Gasteiger partial charge is 0.277 e. The number of fused-ring (bicyclic) bond motifs is 3. The summed E-state index contributed by atoms with van der Waals surface area (Å²) in [5.41, 5.74) is 0.957. The Balaban J connectivity index is 1.92. The SMILES string of the molecule is COc1c2n(ccc1=O)N1[C@H](c3ccccc3)CC[C@H](NC(C)=O)[C@H]1N(C)C2=O. The van der Waals surface area contributed by atoms with Crippen LogP contribution in [-0.2, 0) is 4.79 Å². The lowest BCUT2D eigenvalue weighted by molar-refractivity contribution is -0.120. The molecule has 1 N–H and O–H groups in total. The van der Waals surface area contributed by atoms with E-state index in [0.29, 0.717) is 0 Å². The molecular weight excluding hydrogens is 372 g/mol. The van der Waals surface area contributed by atoms with E-state index in [1.807, 2.05) is 18.2 Å². The molecule has 152 valence electrons. The Kier molecular flexibility index (Phi) is 4.77. The van der Waals surface area contributed by atoms with E-state index in [-0.39, 0.29) is 40.8 Å². The Morgan fingerprint density at radius 1 is 1.14 bits per heavy atom. The van der Waals surface area contributed by atoms with Crippen LogP contribution in [0.4, 0.5) is 0 Å². The highest BCUT2D eigenvalue weighted by molar-refractivity contribution is 5.96. The second kappa shape index (κ2) is 7.27. The average molecular weight is 396 g/mol. The van der Waals surface area contributed by atoms with Gasteiger partial charge >= 0.3 is 0 Å². The van der Waals surface area contributed by atoms with Crippen LogP contribution in [0.15, 0.2) is 47.4 Å². The fraction of sp³-hybridized carbons (Fsp3) is 0.381. The van der Waals surface area contributed by atoms with Crippen molar-refractivity contribution < 1.29 is 14.3 Å². The molecule has 8 nitrogen and oxygen atoms in total. The van der Waals surface area contributed by atoms with Crippen LogP contribution in [0.3, 0.4) is 0 Å². The Hall–Kier alpha value is -3.29. The quantitative estimate of drug-likeness (QED) is 0.844. The summed E-state index contributed by atoms with van der Waals surface area (Å²) in [6.45, 7) is 1.48. The van der Waals surface area contributed by atoms with E-state index < -0.39 is 6.17 Å². The summed E-state index contributed by atoms with van der Waals surface area (Å²) in [6, 6.07) is 11.2. The van der Waals surface area contributed by atoms with Crippen LogP contribution in [0.2, 0.25) is 0 Å². The Morgan fingerprint density at radius 2 is 1.86 bits per heavy atom. The highest BCUT2D eigenvalue weighted by Gasteiger charge is 2.47. The number of ether oxygens (including phenoxy) is 1. The van der Waals surface area contributed by atoms with Crippen LogP contribution >= 0.6 is 0 Å². The third kappa shape index (κ3) is 3.04. The van der Waals surface area contributed by atoms with E-state index in [0.717, 1.165) is 18.4 Å². The zero-order valence-electron chi connectivity index (χ0n) is 16.7. The van der Waals surface area contributed by atoms with Gasteiger partial charge in [0.1, 0.15) is 6.17 Å². The van der Waals surface area contributed by atoms with Crippen molar-refractivity contribution >= 4 is 11.8 Å². The number of aromatic nitrogens is 1. The number of benzene rings is 1. The number of carbonyl (C=O) groups excluding carboxylic acids is 2. The summed E-state index contributed by atoms with van der Waals surface area (Å²) >= 11 is 0. The summed E-state index contributed by atoms with van der Waals surface area (Å²) in [5, 5.41) is 5.06. The molecule has 1 fully saturated rings. The van der Waals surface area contributed by atoms with Gasteiger partial charge < -0.3 is 15.0 Å². The minimum atomic E-state index is -0.398. The maximum Gasteiger partial charge on any atom is 0.277 e. The third-order valence-corrected chi connectivity index (χ3v) is 5.68. The first kappa shape index (κ1) is 19.0. The minimum Gasteiger partial charge on any atom is -0.491 e. The van der Waals surface area contributed by atoms with Crippen LogP contribution in [0, 0.1) is 0 Å². The van der Waals surface area contributed by atoms with Gasteiger partial charge in [0.2, 0.25) is 11.3 Å². The van der Waals surface area contributed by atoms with E-state index >= 15 is 0 Å². The summed E-state index contributed by atoms with van der Waals surface area (Å²) in [4.78, 5) is 38.9. The van der Waals surface area contributed by atoms with Crippen molar-refractivity contribution in [3.63, 3.8) is 0 Å². The Bertz CT molecular complexity index is 1000. The number of pyridine rings is 1. The number of piperidine rings is 1. The van der Waals surface area contributed by atoms with Crippen molar-refractivity contribution in [2.45, 2.75) is 38.0 Å². The van der Waals surface area contributed by atoms with Crippen molar-refractivity contribution in [2.75, 3.05) is 19.2 Å². The molecule has 1 aromatic carbocycles. The van der Waals surface area contributed by atoms with Gasteiger partial charge in [-0.3, -0.25) is 24.1 Å². The second-order valence-corrected chi connectivity index (χ2v) is 7.43. The molecule has 1 aromatic heterocycles. The minimum absolute atomic E-state index is 0.0243. The average Bonchev–Trinajstić information content (AvgIpc) is 2.71. The van der Waals surface area contributed by atoms with E-state index in [9.17, 15) is 14.4 Å². The predicted octanol–water partition coefficient (Wildman–Crippen LogP) is 1.25. The monoisotopic (exact) mass is 396 g/mol. The van der Waals surface area contributed by atoms with E-state index in [1.165, 1.54) is 20.1 Å². The number of hydrogen-bond acceptors (Lipinski definition) is 5. The van der Waals surface area contributed by atoms with Crippen LogP contribution in [0.25, 0.3) is 0 Å². The molecule has 4 rings (SSSR count). The lowest BCUT2D eigenvalue weighted by Crippen LogP contribution is -2.70. The molecular formula is C21H24N4O4. The molecule has 2 aliphatic rings. The first-order chi connectivity index (χ1) is 13.9. The van der Waals surface area contributed by atoms with E-state index in [2.05, 4.69) is 22.5 Å². The van der Waals surface area contributed by atoms with Gasteiger partial charge in [0.25, 0.3) is 5.91 Å². The zero-order valence-corrected chi connectivity index (χ0v) is 16.7. The maximum atomic E-state index is 13.2. The van der Waals surface area contributed by atoms with Crippen molar-refractivity contribution in [3.8, 4) is 5.75 Å². The number of methoxy groups -OCH3 is 1. The molecule has 0 bridgehead atoms. The lowest BCUT2D eigenvalue weighted by Gasteiger charge is -2.54. The van der Waals surface area contributed by atoms with Gasteiger partial charge in [-0.2, -0.15) is 0 Å². The normalized spacial score (nSPS) is 23.3. The van der Waals surface area contributed by atoms with Crippen molar-refractivity contribution in [1.82, 2.24) is 14.9 Å². The van der Waals surface area contributed by atoms with E-state index in [1.54, 1.807) is 22.8 Å². The molecule has 8 heteroatoms. The maximum absolute atomic E-state index is 13.2. The van der Waals surface area contributed by atoms with Crippen LogP contribution in [0.1, 0.15) is 41.9 Å². The summed E-state index contributed by atoms with van der Waals surface area (Å²) in [6.07, 6.45) is 2.72. The van der Waals surface area contributed by atoms with Crippen molar-refractivity contribution in [3.05, 3.63) is 64.1 Å². The fourth-order valence-corrected chi connectivity index (χ4v) is 4.50.